The van der Waals surface area contributed by atoms with Crippen LogP contribution in [0.3, 0.4) is 0 Å². The fourth-order valence-electron chi connectivity index (χ4n) is 5.14. The Morgan fingerprint density at radius 2 is 1.84 bits per heavy atom. The van der Waals surface area contributed by atoms with Gasteiger partial charge in [-0.15, -0.1) is 0 Å². The van der Waals surface area contributed by atoms with E-state index in [-0.39, 0.29) is 17.4 Å². The number of H-pyrrole nitrogens is 1. The molecule has 0 unspecified atom stereocenters. The number of benzene rings is 2. The van der Waals surface area contributed by atoms with Crippen LogP contribution in [0.4, 0.5) is 0 Å². The zero-order chi connectivity index (χ0) is 26.2. The minimum atomic E-state index is -0.718. The van der Waals surface area contributed by atoms with E-state index in [4.69, 9.17) is 21.6 Å². The molecule has 0 saturated heterocycles. The van der Waals surface area contributed by atoms with Crippen LogP contribution in [-0.4, -0.2) is 35.4 Å². The summed E-state index contributed by atoms with van der Waals surface area (Å²) >= 11 is 6.36. The van der Waals surface area contributed by atoms with E-state index in [9.17, 15) is 9.59 Å². The lowest BCUT2D eigenvalue weighted by Crippen LogP contribution is -2.21. The molecule has 6 rings (SSSR count). The lowest BCUT2D eigenvalue weighted by Gasteiger charge is -2.27. The standard InChI is InChI=1S/C28H25ClN6O3/c1-16-10-12-17(13-11-16)15-35-22-21(19-8-5-9-20(29)14-19)30-25(26-33-28(37)38-34-26)31-24(22)32-27(35)23(36)18-6-3-2-4-7-18/h2-9,14,16-17H,10-13,15H2,1H3,(H,33,34,37)/t16-,17-. The molecule has 1 saturated carbocycles. The second-order valence-corrected chi connectivity index (χ2v) is 10.3. The first kappa shape index (κ1) is 24.2. The first-order chi connectivity index (χ1) is 18.5. The number of halogens is 1. The number of nitrogens with zero attached hydrogens (tertiary/aromatic N) is 5. The lowest BCUT2D eigenvalue weighted by atomic mass is 9.83. The maximum Gasteiger partial charge on any atom is 0.439 e. The molecule has 38 heavy (non-hydrogen) atoms. The van der Waals surface area contributed by atoms with Crippen molar-refractivity contribution in [3.05, 3.63) is 81.6 Å². The Hall–Kier alpha value is -4.11. The second kappa shape index (κ2) is 9.98. The van der Waals surface area contributed by atoms with Crippen LogP contribution in [0.1, 0.15) is 48.8 Å². The molecule has 0 aliphatic heterocycles. The Morgan fingerprint density at radius 1 is 1.05 bits per heavy atom. The molecule has 192 valence electrons. The van der Waals surface area contributed by atoms with Gasteiger partial charge in [-0.3, -0.25) is 14.3 Å². The number of imidazole rings is 1. The number of aromatic nitrogens is 6. The molecule has 5 aromatic rings. The van der Waals surface area contributed by atoms with E-state index >= 15 is 0 Å². The van der Waals surface area contributed by atoms with Crippen molar-refractivity contribution in [1.29, 1.82) is 0 Å². The van der Waals surface area contributed by atoms with Crippen molar-refractivity contribution in [2.75, 3.05) is 0 Å². The smallest absolute Gasteiger partial charge is 0.318 e. The van der Waals surface area contributed by atoms with Crippen LogP contribution in [0.5, 0.6) is 0 Å². The van der Waals surface area contributed by atoms with E-state index in [1.807, 2.05) is 34.9 Å². The number of fused-ring (bicyclic) bond motifs is 1. The van der Waals surface area contributed by atoms with Crippen molar-refractivity contribution in [3.63, 3.8) is 0 Å². The number of carbonyl (C=O) groups is 1. The molecule has 0 spiro atoms. The molecule has 1 N–H and O–H groups in total. The van der Waals surface area contributed by atoms with Gasteiger partial charge in [0.05, 0.1) is 0 Å². The molecule has 0 radical (unpaired) electrons. The molecule has 1 aliphatic rings. The molecule has 3 heterocycles. The van der Waals surface area contributed by atoms with E-state index in [1.54, 1.807) is 24.3 Å². The van der Waals surface area contributed by atoms with Gasteiger partial charge in [0.1, 0.15) is 11.2 Å². The highest BCUT2D eigenvalue weighted by molar-refractivity contribution is 6.30. The summed E-state index contributed by atoms with van der Waals surface area (Å²) in [5, 5.41) is 4.30. The molecule has 0 atom stereocenters. The summed E-state index contributed by atoms with van der Waals surface area (Å²) in [6.45, 7) is 2.90. The zero-order valence-electron chi connectivity index (χ0n) is 20.7. The van der Waals surface area contributed by atoms with Gasteiger partial charge in [0.25, 0.3) is 0 Å². The van der Waals surface area contributed by atoms with Gasteiger partial charge in [0, 0.05) is 22.7 Å². The maximum atomic E-state index is 13.8. The number of hydrogen-bond donors (Lipinski definition) is 1. The van der Waals surface area contributed by atoms with Crippen LogP contribution in [0.25, 0.3) is 34.1 Å². The Morgan fingerprint density at radius 3 is 2.55 bits per heavy atom. The van der Waals surface area contributed by atoms with Crippen molar-refractivity contribution < 1.29 is 9.32 Å². The van der Waals surface area contributed by atoms with E-state index in [1.165, 1.54) is 0 Å². The highest BCUT2D eigenvalue weighted by Crippen LogP contribution is 2.34. The largest absolute Gasteiger partial charge is 0.439 e. The van der Waals surface area contributed by atoms with Crippen LogP contribution in [0.15, 0.2) is 63.9 Å². The minimum Gasteiger partial charge on any atom is -0.318 e. The highest BCUT2D eigenvalue weighted by Gasteiger charge is 2.28. The summed E-state index contributed by atoms with van der Waals surface area (Å²) < 4.78 is 6.66. The normalized spacial score (nSPS) is 17.6. The van der Waals surface area contributed by atoms with Crippen molar-refractivity contribution in [1.82, 2.24) is 29.7 Å². The van der Waals surface area contributed by atoms with E-state index in [0.29, 0.717) is 51.6 Å². The molecule has 2 aromatic carbocycles. The first-order valence-corrected chi connectivity index (χ1v) is 13.0. The van der Waals surface area contributed by atoms with Crippen molar-refractivity contribution in [2.45, 2.75) is 39.2 Å². The average molecular weight is 529 g/mol. The van der Waals surface area contributed by atoms with Crippen LogP contribution in [0, 0.1) is 11.8 Å². The SMILES string of the molecule is C[C@H]1CC[C@H](Cn2c(C(=O)c3ccccc3)nc3nc(-c4noc(=O)[nH]4)nc(-c4cccc(Cl)c4)c32)CC1. The van der Waals surface area contributed by atoms with Crippen LogP contribution >= 0.6 is 11.6 Å². The predicted molar refractivity (Wildman–Crippen MR) is 143 cm³/mol. The topological polar surface area (TPSA) is 120 Å². The predicted octanol–water partition coefficient (Wildman–Crippen LogP) is 5.55. The molecule has 10 heteroatoms. The number of rotatable bonds is 6. The van der Waals surface area contributed by atoms with Crippen molar-refractivity contribution in [3.8, 4) is 22.9 Å². The average Bonchev–Trinajstić information content (AvgIpc) is 3.53. The monoisotopic (exact) mass is 528 g/mol. The Bertz CT molecular complexity index is 1680. The number of carbonyl (C=O) groups excluding carboxylic acids is 1. The quantitative estimate of drug-likeness (QED) is 0.287. The van der Waals surface area contributed by atoms with Gasteiger partial charge in [0.2, 0.25) is 17.4 Å². The Kier molecular flexibility index (Phi) is 6.37. The molecule has 3 aromatic heterocycles. The summed E-state index contributed by atoms with van der Waals surface area (Å²) in [5.41, 5.74) is 2.78. The van der Waals surface area contributed by atoms with Gasteiger partial charge in [-0.05, 0) is 36.8 Å². The minimum absolute atomic E-state index is 0.0759. The third kappa shape index (κ3) is 4.65. The summed E-state index contributed by atoms with van der Waals surface area (Å²) in [4.78, 5) is 42.0. The van der Waals surface area contributed by atoms with E-state index in [0.717, 1.165) is 31.2 Å². The summed E-state index contributed by atoms with van der Waals surface area (Å²) in [5.74, 6) is 0.693. The Labute approximate surface area is 222 Å². The third-order valence-corrected chi connectivity index (χ3v) is 7.40. The fourth-order valence-corrected chi connectivity index (χ4v) is 5.34. The summed E-state index contributed by atoms with van der Waals surface area (Å²) in [6.07, 6.45) is 4.46. The third-order valence-electron chi connectivity index (χ3n) is 7.17. The van der Waals surface area contributed by atoms with Gasteiger partial charge in [-0.2, -0.15) is 0 Å². The first-order valence-electron chi connectivity index (χ1n) is 12.7. The number of hydrogen-bond acceptors (Lipinski definition) is 7. The summed E-state index contributed by atoms with van der Waals surface area (Å²) in [7, 11) is 0. The molecule has 0 bridgehead atoms. The highest BCUT2D eigenvalue weighted by atomic mass is 35.5. The number of ketones is 1. The lowest BCUT2D eigenvalue weighted by molar-refractivity contribution is 0.102. The van der Waals surface area contributed by atoms with Crippen molar-refractivity contribution in [2.24, 2.45) is 11.8 Å². The van der Waals surface area contributed by atoms with E-state index in [2.05, 4.69) is 26.6 Å². The van der Waals surface area contributed by atoms with Crippen LogP contribution < -0.4 is 5.76 Å². The molecule has 1 fully saturated rings. The van der Waals surface area contributed by atoms with Gasteiger partial charge in [0.15, 0.2) is 11.5 Å². The number of aromatic amines is 1. The fraction of sp³-hybridized carbons (Fsp3) is 0.286. The molecular weight excluding hydrogens is 504 g/mol. The molecule has 1 aliphatic carbocycles. The zero-order valence-corrected chi connectivity index (χ0v) is 21.5. The van der Waals surface area contributed by atoms with Crippen LogP contribution in [-0.2, 0) is 6.54 Å². The van der Waals surface area contributed by atoms with Gasteiger partial charge in [-0.25, -0.2) is 19.7 Å². The second-order valence-electron chi connectivity index (χ2n) is 9.89. The molecule has 0 amide bonds. The summed E-state index contributed by atoms with van der Waals surface area (Å²) in [6, 6.07) is 16.4. The van der Waals surface area contributed by atoms with Gasteiger partial charge >= 0.3 is 5.76 Å². The maximum absolute atomic E-state index is 13.8. The molecular formula is C28H25ClN6O3. The number of nitrogens with one attached hydrogen (secondary N) is 1. The van der Waals surface area contributed by atoms with Gasteiger partial charge < -0.3 is 4.57 Å². The van der Waals surface area contributed by atoms with Crippen LogP contribution in [0.2, 0.25) is 5.02 Å². The Balaban J connectivity index is 1.60. The molecule has 9 nitrogen and oxygen atoms in total. The van der Waals surface area contributed by atoms with Gasteiger partial charge in [-0.1, -0.05) is 79.0 Å². The van der Waals surface area contributed by atoms with Crippen molar-refractivity contribution >= 4 is 28.5 Å². The van der Waals surface area contributed by atoms with E-state index < -0.39 is 5.76 Å².